The Bertz CT molecular complexity index is 2950. The topological polar surface area (TPSA) is 97.7 Å². The van der Waals surface area contributed by atoms with Gasteiger partial charge in [-0.05, 0) is 84.9 Å². The van der Waals surface area contributed by atoms with E-state index in [0.717, 1.165) is 32.3 Å². The van der Waals surface area contributed by atoms with Gasteiger partial charge in [0.25, 0.3) is 0 Å². The van der Waals surface area contributed by atoms with E-state index < -0.39 is 59.0 Å². The summed E-state index contributed by atoms with van der Waals surface area (Å²) in [7, 11) is -11.3. The van der Waals surface area contributed by atoms with Gasteiger partial charge < -0.3 is 4.18 Å². The summed E-state index contributed by atoms with van der Waals surface area (Å²) in [6.07, 6.45) is 0. The van der Waals surface area contributed by atoms with Crippen LogP contribution in [0.3, 0.4) is 0 Å². The molecule has 0 heterocycles. The average Bonchev–Trinajstić information content (AvgIpc) is 3.17. The third-order valence-corrected chi connectivity index (χ3v) is 11.4. The van der Waals surface area contributed by atoms with Gasteiger partial charge in [0.1, 0.15) is 4.90 Å². The van der Waals surface area contributed by atoms with Crippen molar-refractivity contribution in [1.82, 2.24) is 0 Å². The van der Waals surface area contributed by atoms with Crippen molar-refractivity contribution in [3.8, 4) is 39.1 Å². The Morgan fingerprint density at radius 1 is 0.407 bits per heavy atom. The minimum absolute atomic E-state index is 0.0193. The molecule has 0 atom stereocenters. The molecule has 54 heavy (non-hydrogen) atoms. The molecule has 8 rings (SSSR count). The fraction of sp³-hybridized carbons (Fsp3) is 0. The maximum absolute atomic E-state index is 15.3. The lowest BCUT2D eigenvalue weighted by atomic mass is 9.91. The van der Waals surface area contributed by atoms with Gasteiger partial charge in [-0.3, -0.25) is 4.55 Å². The van der Waals surface area contributed by atoms with Crippen LogP contribution in [0.5, 0.6) is 5.75 Å². The van der Waals surface area contributed by atoms with Crippen LogP contribution in [0.15, 0.2) is 149 Å². The van der Waals surface area contributed by atoms with E-state index in [2.05, 4.69) is 0 Å². The molecule has 0 aliphatic heterocycles. The summed E-state index contributed by atoms with van der Waals surface area (Å²) in [5, 5.41) is 4.97. The van der Waals surface area contributed by atoms with E-state index in [9.17, 15) is 30.2 Å². The van der Waals surface area contributed by atoms with Gasteiger partial charge in [-0.25, -0.2) is 8.78 Å². The van der Waals surface area contributed by atoms with Crippen LogP contribution in [0.25, 0.3) is 65.7 Å². The molecule has 8 aromatic rings. The predicted octanol–water partition coefficient (Wildman–Crippen LogP) is 10.7. The molecule has 0 saturated heterocycles. The van der Waals surface area contributed by atoms with Crippen molar-refractivity contribution < 1.29 is 43.1 Å². The molecule has 12 heteroatoms. The number of benzene rings is 8. The summed E-state index contributed by atoms with van der Waals surface area (Å²) >= 11 is 0. The standard InChI is InChI=1S/C42H24F4O6S2/c43-36-38(45)42(53(47,48)49)39(46)37(44)40(36)52-54(50,51)41-34(31-17-14-25-8-2-5-11-28(25)20-31)22-33(30-16-13-24-7-1-4-10-27(24)19-30)23-35(41)32-18-15-26-9-3-6-12-29(26)21-32/h1-23H,(H,47,48,49). The van der Waals surface area contributed by atoms with Crippen molar-refractivity contribution in [2.24, 2.45) is 0 Å². The lowest BCUT2D eigenvalue weighted by Gasteiger charge is -2.20. The zero-order chi connectivity index (χ0) is 37.9. The van der Waals surface area contributed by atoms with E-state index in [-0.39, 0.29) is 11.1 Å². The van der Waals surface area contributed by atoms with Crippen LogP contribution >= 0.6 is 0 Å². The van der Waals surface area contributed by atoms with E-state index >= 15 is 8.78 Å². The number of halogens is 4. The molecular formula is C42H24F4O6S2. The van der Waals surface area contributed by atoms with Crippen LogP contribution in [0.2, 0.25) is 0 Å². The molecule has 0 amide bonds. The number of fused-ring (bicyclic) bond motifs is 3. The Balaban J connectivity index is 1.45. The van der Waals surface area contributed by atoms with Gasteiger partial charge in [0, 0.05) is 11.1 Å². The zero-order valence-electron chi connectivity index (χ0n) is 27.6. The monoisotopic (exact) mass is 764 g/mol. The van der Waals surface area contributed by atoms with E-state index in [1.54, 1.807) is 60.7 Å². The smallest absolute Gasteiger partial charge is 0.340 e. The minimum atomic E-state index is -5.82. The molecule has 0 aromatic heterocycles. The second-order valence-electron chi connectivity index (χ2n) is 12.5. The highest BCUT2D eigenvalue weighted by atomic mass is 32.2. The SMILES string of the molecule is O=S(=O)(O)c1c(F)c(F)c(OS(=O)(=O)c2c(-c3ccc4ccccc4c3)cc(-c3ccc4ccccc4c3)cc2-c2ccc3ccccc3c2)c(F)c1F. The molecule has 0 aliphatic carbocycles. The van der Waals surface area contributed by atoms with Crippen LogP contribution in [-0.2, 0) is 20.2 Å². The van der Waals surface area contributed by atoms with Gasteiger partial charge in [0.2, 0.25) is 17.4 Å². The zero-order valence-corrected chi connectivity index (χ0v) is 29.2. The van der Waals surface area contributed by atoms with E-state index in [4.69, 9.17) is 4.18 Å². The molecular weight excluding hydrogens is 741 g/mol. The van der Waals surface area contributed by atoms with E-state index in [0.29, 0.717) is 22.3 Å². The number of hydrogen-bond donors (Lipinski definition) is 1. The maximum Gasteiger partial charge on any atom is 0.340 e. The summed E-state index contributed by atoms with van der Waals surface area (Å²) in [6, 6.07) is 41.4. The van der Waals surface area contributed by atoms with Crippen molar-refractivity contribution in [2.75, 3.05) is 0 Å². The highest BCUT2D eigenvalue weighted by molar-refractivity contribution is 7.87. The summed E-state index contributed by atoms with van der Waals surface area (Å²) < 4.78 is 127. The molecule has 0 aliphatic rings. The number of hydrogen-bond acceptors (Lipinski definition) is 5. The molecule has 268 valence electrons. The first-order valence-electron chi connectivity index (χ1n) is 16.2. The quantitative estimate of drug-likeness (QED) is 0.0751. The number of rotatable bonds is 7. The van der Waals surface area contributed by atoms with Crippen LogP contribution in [0.1, 0.15) is 0 Å². The van der Waals surface area contributed by atoms with Gasteiger partial charge in [-0.2, -0.15) is 25.6 Å². The van der Waals surface area contributed by atoms with Crippen LogP contribution in [0, 0.1) is 23.3 Å². The lowest BCUT2D eigenvalue weighted by molar-refractivity contribution is 0.365. The molecule has 0 radical (unpaired) electrons. The van der Waals surface area contributed by atoms with Crippen LogP contribution < -0.4 is 4.18 Å². The maximum atomic E-state index is 15.3. The van der Waals surface area contributed by atoms with E-state index in [1.807, 2.05) is 78.9 Å². The van der Waals surface area contributed by atoms with Gasteiger partial charge in [-0.1, -0.05) is 109 Å². The first-order chi connectivity index (χ1) is 25.8. The van der Waals surface area contributed by atoms with Gasteiger partial charge in [-0.15, -0.1) is 0 Å². The first-order valence-corrected chi connectivity index (χ1v) is 19.1. The fourth-order valence-electron chi connectivity index (χ4n) is 6.62. The van der Waals surface area contributed by atoms with Crippen LogP contribution in [0.4, 0.5) is 17.6 Å². The normalized spacial score (nSPS) is 12.1. The third kappa shape index (κ3) is 6.13. The second kappa shape index (κ2) is 13.1. The highest BCUT2D eigenvalue weighted by Crippen LogP contribution is 2.44. The van der Waals surface area contributed by atoms with Crippen molar-refractivity contribution in [2.45, 2.75) is 9.79 Å². The molecule has 1 N–H and O–H groups in total. The summed E-state index contributed by atoms with van der Waals surface area (Å²) in [6.45, 7) is 0. The largest absolute Gasteiger partial charge is 0.372 e. The Labute approximate surface area is 306 Å². The van der Waals surface area contributed by atoms with Gasteiger partial charge >= 0.3 is 20.2 Å². The fourth-order valence-corrected chi connectivity index (χ4v) is 8.59. The summed E-state index contributed by atoms with van der Waals surface area (Å²) in [4.78, 5) is -2.94. The van der Waals surface area contributed by atoms with E-state index in [1.165, 1.54) is 0 Å². The lowest BCUT2D eigenvalue weighted by Crippen LogP contribution is -2.18. The van der Waals surface area contributed by atoms with Crippen molar-refractivity contribution in [1.29, 1.82) is 0 Å². The molecule has 0 spiro atoms. The molecule has 6 nitrogen and oxygen atoms in total. The Morgan fingerprint density at radius 3 is 1.19 bits per heavy atom. The summed E-state index contributed by atoms with van der Waals surface area (Å²) in [5.41, 5.74) is 1.99. The molecule has 0 fully saturated rings. The summed E-state index contributed by atoms with van der Waals surface area (Å²) in [5.74, 6) is -12.2. The van der Waals surface area contributed by atoms with Crippen molar-refractivity contribution in [3.63, 3.8) is 0 Å². The van der Waals surface area contributed by atoms with Crippen molar-refractivity contribution >= 4 is 52.6 Å². The molecule has 0 bridgehead atoms. The van der Waals surface area contributed by atoms with Gasteiger partial charge in [0.05, 0.1) is 0 Å². The Morgan fingerprint density at radius 2 is 0.778 bits per heavy atom. The first kappa shape index (κ1) is 35.0. The highest BCUT2D eigenvalue weighted by Gasteiger charge is 2.37. The molecule has 8 aromatic carbocycles. The average molecular weight is 765 g/mol. The molecule has 0 saturated carbocycles. The minimum Gasteiger partial charge on any atom is -0.372 e. The van der Waals surface area contributed by atoms with Gasteiger partial charge in [0.15, 0.2) is 16.5 Å². The van der Waals surface area contributed by atoms with Crippen molar-refractivity contribution in [3.05, 3.63) is 163 Å². The Hall–Kier alpha value is -6.08. The third-order valence-electron chi connectivity index (χ3n) is 9.18. The second-order valence-corrected chi connectivity index (χ2v) is 15.4. The van der Waals surface area contributed by atoms with Crippen LogP contribution in [-0.4, -0.2) is 21.4 Å². The molecule has 0 unspecified atom stereocenters. The predicted molar refractivity (Wildman–Crippen MR) is 199 cm³/mol. The Kier molecular flexibility index (Phi) is 8.48.